The Morgan fingerprint density at radius 1 is 0.906 bits per heavy atom. The SMILES string of the molecule is C=Cc1ccc(-c2ncnc(NCc3ccc(-c4ccnc(C)c4)nc3)c2F)cc1C=C. The molecule has 0 atom stereocenters. The standard InChI is InChI=1S/C26H22FN5/c1-4-19-7-8-22(13-20(19)5-2)25-24(27)26(32-16-31-25)30-15-18-6-9-23(29-14-18)21-10-11-28-17(3)12-21/h4-14,16H,1-2,15H2,3H3,(H,30,31,32). The average Bonchev–Trinajstić information content (AvgIpc) is 2.83. The summed E-state index contributed by atoms with van der Waals surface area (Å²) in [6, 6.07) is 13.3. The molecule has 158 valence electrons. The number of nitrogens with one attached hydrogen (secondary N) is 1. The fraction of sp³-hybridized carbons (Fsp3) is 0.0769. The van der Waals surface area contributed by atoms with E-state index < -0.39 is 5.82 Å². The fourth-order valence-corrected chi connectivity index (χ4v) is 3.37. The minimum Gasteiger partial charge on any atom is -0.363 e. The number of benzene rings is 1. The molecule has 0 amide bonds. The van der Waals surface area contributed by atoms with Crippen molar-refractivity contribution in [3.63, 3.8) is 0 Å². The number of pyridine rings is 2. The number of hydrogen-bond donors (Lipinski definition) is 1. The third-order valence-corrected chi connectivity index (χ3v) is 5.07. The Bertz CT molecular complexity index is 1280. The molecule has 0 unspecified atom stereocenters. The van der Waals surface area contributed by atoms with Gasteiger partial charge in [0.2, 0.25) is 0 Å². The highest BCUT2D eigenvalue weighted by Crippen LogP contribution is 2.27. The summed E-state index contributed by atoms with van der Waals surface area (Å²) in [4.78, 5) is 16.9. The van der Waals surface area contributed by atoms with Gasteiger partial charge in [-0.05, 0) is 47.9 Å². The Balaban J connectivity index is 1.52. The topological polar surface area (TPSA) is 63.6 Å². The Kier molecular flexibility index (Phi) is 6.12. The lowest BCUT2D eigenvalue weighted by molar-refractivity contribution is 0.621. The van der Waals surface area contributed by atoms with Crippen molar-refractivity contribution in [1.82, 2.24) is 19.9 Å². The maximum Gasteiger partial charge on any atom is 0.191 e. The molecule has 5 nitrogen and oxygen atoms in total. The molecule has 3 aromatic heterocycles. The quantitative estimate of drug-likeness (QED) is 0.398. The first-order chi connectivity index (χ1) is 15.6. The van der Waals surface area contributed by atoms with E-state index in [9.17, 15) is 0 Å². The van der Waals surface area contributed by atoms with Crippen LogP contribution < -0.4 is 5.32 Å². The molecule has 4 aromatic rings. The van der Waals surface area contributed by atoms with Gasteiger partial charge in [0.1, 0.15) is 12.0 Å². The third kappa shape index (κ3) is 4.44. The first-order valence-corrected chi connectivity index (χ1v) is 10.1. The summed E-state index contributed by atoms with van der Waals surface area (Å²) in [6.45, 7) is 9.92. The van der Waals surface area contributed by atoms with Crippen LogP contribution in [0.1, 0.15) is 22.4 Å². The van der Waals surface area contributed by atoms with Gasteiger partial charge in [-0.15, -0.1) is 0 Å². The van der Waals surface area contributed by atoms with Crippen LogP contribution in [0.4, 0.5) is 10.2 Å². The Labute approximate surface area is 186 Å². The predicted octanol–water partition coefficient (Wildman–Crippen LogP) is 5.95. The van der Waals surface area contributed by atoms with Crippen LogP contribution in [-0.2, 0) is 6.54 Å². The summed E-state index contributed by atoms with van der Waals surface area (Å²) in [5.74, 6) is -0.373. The van der Waals surface area contributed by atoms with E-state index in [1.54, 1.807) is 24.5 Å². The molecule has 0 saturated heterocycles. The second-order valence-corrected chi connectivity index (χ2v) is 7.23. The van der Waals surface area contributed by atoms with Gasteiger partial charge in [0.05, 0.1) is 5.69 Å². The van der Waals surface area contributed by atoms with Crippen molar-refractivity contribution < 1.29 is 4.39 Å². The Hall–Kier alpha value is -4.19. The second kappa shape index (κ2) is 9.31. The van der Waals surface area contributed by atoms with Crippen molar-refractivity contribution in [3.8, 4) is 22.5 Å². The molecule has 4 rings (SSSR count). The zero-order chi connectivity index (χ0) is 22.5. The molecule has 1 N–H and O–H groups in total. The Morgan fingerprint density at radius 3 is 2.47 bits per heavy atom. The summed E-state index contributed by atoms with van der Waals surface area (Å²) >= 11 is 0. The van der Waals surface area contributed by atoms with Gasteiger partial charge in [-0.25, -0.2) is 14.4 Å². The van der Waals surface area contributed by atoms with Crippen molar-refractivity contribution in [2.75, 3.05) is 5.32 Å². The summed E-state index contributed by atoms with van der Waals surface area (Å²) in [5, 5.41) is 3.05. The first-order valence-electron chi connectivity index (χ1n) is 10.1. The maximum atomic E-state index is 15.1. The normalized spacial score (nSPS) is 10.6. The van der Waals surface area contributed by atoms with Gasteiger partial charge in [0.15, 0.2) is 11.6 Å². The minimum atomic E-state index is -0.509. The molecule has 1 aromatic carbocycles. The number of aryl methyl sites for hydroxylation is 1. The zero-order valence-electron chi connectivity index (χ0n) is 17.7. The van der Waals surface area contributed by atoms with Gasteiger partial charge in [-0.1, -0.05) is 43.5 Å². The number of aromatic nitrogens is 4. The summed E-state index contributed by atoms with van der Waals surface area (Å²) in [7, 11) is 0. The van der Waals surface area contributed by atoms with Gasteiger partial charge in [0.25, 0.3) is 0 Å². The fourth-order valence-electron chi connectivity index (χ4n) is 3.37. The van der Waals surface area contributed by atoms with Gasteiger partial charge in [0, 0.05) is 35.8 Å². The van der Waals surface area contributed by atoms with E-state index in [0.717, 1.165) is 33.6 Å². The lowest BCUT2D eigenvalue weighted by Crippen LogP contribution is -2.06. The maximum absolute atomic E-state index is 15.1. The third-order valence-electron chi connectivity index (χ3n) is 5.07. The first kappa shape index (κ1) is 21.1. The highest BCUT2D eigenvalue weighted by Gasteiger charge is 2.14. The summed E-state index contributed by atoms with van der Waals surface area (Å²) in [5.41, 5.74) is 6.36. The lowest BCUT2D eigenvalue weighted by Gasteiger charge is -2.11. The molecule has 3 heterocycles. The molecule has 0 spiro atoms. The number of nitrogens with zero attached hydrogens (tertiary/aromatic N) is 4. The largest absolute Gasteiger partial charge is 0.363 e. The predicted molar refractivity (Wildman–Crippen MR) is 127 cm³/mol. The van der Waals surface area contributed by atoms with E-state index in [1.165, 1.54) is 6.33 Å². The van der Waals surface area contributed by atoms with E-state index in [-0.39, 0.29) is 11.5 Å². The van der Waals surface area contributed by atoms with Crippen LogP contribution >= 0.6 is 0 Å². The van der Waals surface area contributed by atoms with Crippen molar-refractivity contribution in [2.24, 2.45) is 0 Å². The monoisotopic (exact) mass is 423 g/mol. The van der Waals surface area contributed by atoms with Gasteiger partial charge in [-0.3, -0.25) is 9.97 Å². The van der Waals surface area contributed by atoms with Crippen molar-refractivity contribution in [3.05, 3.63) is 103 Å². The van der Waals surface area contributed by atoms with Gasteiger partial charge >= 0.3 is 0 Å². The molecule has 0 aliphatic rings. The molecular formula is C26H22FN5. The van der Waals surface area contributed by atoms with Crippen LogP contribution in [0.15, 0.2) is 74.3 Å². The summed E-state index contributed by atoms with van der Waals surface area (Å²) in [6.07, 6.45) is 8.33. The van der Waals surface area contributed by atoms with Crippen LogP contribution in [0, 0.1) is 12.7 Å². The van der Waals surface area contributed by atoms with Crippen LogP contribution in [0.25, 0.3) is 34.7 Å². The lowest BCUT2D eigenvalue weighted by atomic mass is 10.0. The van der Waals surface area contributed by atoms with E-state index in [1.807, 2.05) is 49.4 Å². The van der Waals surface area contributed by atoms with Crippen molar-refractivity contribution in [1.29, 1.82) is 0 Å². The van der Waals surface area contributed by atoms with Crippen LogP contribution in [0.3, 0.4) is 0 Å². The van der Waals surface area contributed by atoms with E-state index in [4.69, 9.17) is 0 Å². The van der Waals surface area contributed by atoms with E-state index in [0.29, 0.717) is 12.1 Å². The van der Waals surface area contributed by atoms with Crippen LogP contribution in [0.2, 0.25) is 0 Å². The second-order valence-electron chi connectivity index (χ2n) is 7.23. The van der Waals surface area contributed by atoms with Crippen molar-refractivity contribution >= 4 is 18.0 Å². The molecule has 0 radical (unpaired) electrons. The minimum absolute atomic E-state index is 0.136. The highest BCUT2D eigenvalue weighted by molar-refractivity contribution is 5.72. The van der Waals surface area contributed by atoms with Crippen LogP contribution in [0.5, 0.6) is 0 Å². The molecule has 0 saturated carbocycles. The summed E-state index contributed by atoms with van der Waals surface area (Å²) < 4.78 is 15.1. The van der Waals surface area contributed by atoms with Crippen LogP contribution in [-0.4, -0.2) is 19.9 Å². The highest BCUT2D eigenvalue weighted by atomic mass is 19.1. The average molecular weight is 423 g/mol. The van der Waals surface area contributed by atoms with Gasteiger partial charge < -0.3 is 5.32 Å². The molecular weight excluding hydrogens is 401 g/mol. The Morgan fingerprint density at radius 2 is 1.75 bits per heavy atom. The zero-order valence-corrected chi connectivity index (χ0v) is 17.7. The molecule has 0 bridgehead atoms. The van der Waals surface area contributed by atoms with E-state index >= 15 is 4.39 Å². The number of hydrogen-bond acceptors (Lipinski definition) is 5. The molecule has 0 aliphatic carbocycles. The molecule has 6 heteroatoms. The number of halogens is 1. The van der Waals surface area contributed by atoms with Gasteiger partial charge in [-0.2, -0.15) is 0 Å². The molecule has 0 fully saturated rings. The van der Waals surface area contributed by atoms with E-state index in [2.05, 4.69) is 38.4 Å². The number of rotatable bonds is 7. The smallest absolute Gasteiger partial charge is 0.191 e. The molecule has 0 aliphatic heterocycles. The number of anilines is 1. The molecule has 32 heavy (non-hydrogen) atoms. The van der Waals surface area contributed by atoms with Crippen molar-refractivity contribution in [2.45, 2.75) is 13.5 Å².